The first kappa shape index (κ1) is 12.3. The van der Waals surface area contributed by atoms with Gasteiger partial charge in [0, 0.05) is 32.0 Å². The second-order valence-corrected chi connectivity index (χ2v) is 4.50. The summed E-state index contributed by atoms with van der Waals surface area (Å²) < 4.78 is 12.4. The Hall–Kier alpha value is -1.79. The van der Waals surface area contributed by atoms with Crippen molar-refractivity contribution in [2.75, 3.05) is 20.3 Å². The zero-order chi connectivity index (χ0) is 13.1. The predicted octanol–water partition coefficient (Wildman–Crippen LogP) is 1.31. The highest BCUT2D eigenvalue weighted by atomic mass is 16.5. The fourth-order valence-corrected chi connectivity index (χ4v) is 2.24. The van der Waals surface area contributed by atoms with Crippen LogP contribution in [0.5, 0.6) is 0 Å². The molecule has 6 heteroatoms. The lowest BCUT2D eigenvalue weighted by atomic mass is 10.1. The summed E-state index contributed by atoms with van der Waals surface area (Å²) in [7, 11) is 1.64. The molecule has 1 aliphatic rings. The highest BCUT2D eigenvalue weighted by Gasteiger charge is 2.25. The van der Waals surface area contributed by atoms with Gasteiger partial charge < -0.3 is 9.47 Å². The molecular formula is C13H16N4O2. The number of methoxy groups -OCH3 is 1. The molecule has 0 radical (unpaired) electrons. The summed E-state index contributed by atoms with van der Waals surface area (Å²) in [6.07, 6.45) is 4.49. The minimum absolute atomic E-state index is 0.297. The summed E-state index contributed by atoms with van der Waals surface area (Å²) >= 11 is 0. The predicted molar refractivity (Wildman–Crippen MR) is 68.0 cm³/mol. The van der Waals surface area contributed by atoms with E-state index in [1.165, 1.54) is 0 Å². The molecule has 0 spiro atoms. The molecule has 3 rings (SSSR count). The molecule has 0 unspecified atom stereocenters. The van der Waals surface area contributed by atoms with E-state index in [0.717, 1.165) is 24.5 Å². The van der Waals surface area contributed by atoms with Gasteiger partial charge in [0.2, 0.25) is 0 Å². The molecule has 0 bridgehead atoms. The van der Waals surface area contributed by atoms with Crippen molar-refractivity contribution in [3.05, 3.63) is 36.2 Å². The van der Waals surface area contributed by atoms with Crippen molar-refractivity contribution in [2.24, 2.45) is 0 Å². The second kappa shape index (κ2) is 5.46. The van der Waals surface area contributed by atoms with Crippen LogP contribution in [0.4, 0.5) is 0 Å². The van der Waals surface area contributed by atoms with Gasteiger partial charge in [-0.1, -0.05) is 0 Å². The Morgan fingerprint density at radius 1 is 1.42 bits per heavy atom. The molecule has 1 fully saturated rings. The quantitative estimate of drug-likeness (QED) is 0.829. The molecule has 1 saturated heterocycles. The molecule has 0 amide bonds. The summed E-state index contributed by atoms with van der Waals surface area (Å²) in [5.41, 5.74) is 0.965. The largest absolute Gasteiger partial charge is 0.381 e. The van der Waals surface area contributed by atoms with Gasteiger partial charge in [-0.3, -0.25) is 4.98 Å². The highest BCUT2D eigenvalue weighted by molar-refractivity contribution is 5.29. The van der Waals surface area contributed by atoms with Crippen molar-refractivity contribution in [3.8, 4) is 5.69 Å². The first-order chi connectivity index (χ1) is 9.38. The van der Waals surface area contributed by atoms with Gasteiger partial charge in [0.05, 0.1) is 12.3 Å². The third-order valence-corrected chi connectivity index (χ3v) is 3.15. The van der Waals surface area contributed by atoms with E-state index in [2.05, 4.69) is 15.1 Å². The van der Waals surface area contributed by atoms with Crippen molar-refractivity contribution in [3.63, 3.8) is 0 Å². The Kier molecular flexibility index (Phi) is 3.52. The minimum Gasteiger partial charge on any atom is -0.381 e. The third kappa shape index (κ3) is 2.50. The topological polar surface area (TPSA) is 62.1 Å². The number of aromatic nitrogens is 4. The molecule has 3 heterocycles. The van der Waals surface area contributed by atoms with Crippen LogP contribution in [0.25, 0.3) is 5.69 Å². The van der Waals surface area contributed by atoms with Crippen LogP contribution in [0, 0.1) is 0 Å². The third-order valence-electron chi connectivity index (χ3n) is 3.15. The van der Waals surface area contributed by atoms with Crippen molar-refractivity contribution in [2.45, 2.75) is 18.9 Å². The first-order valence-corrected chi connectivity index (χ1v) is 6.31. The Morgan fingerprint density at radius 3 is 2.95 bits per heavy atom. The summed E-state index contributed by atoms with van der Waals surface area (Å²) in [5, 5.41) is 4.51. The fourth-order valence-electron chi connectivity index (χ4n) is 2.24. The lowest BCUT2D eigenvalue weighted by molar-refractivity contribution is 0.177. The Balaban J connectivity index is 2.00. The van der Waals surface area contributed by atoms with Crippen molar-refractivity contribution >= 4 is 0 Å². The molecular weight excluding hydrogens is 244 g/mol. The number of rotatable bonds is 4. The Morgan fingerprint density at radius 2 is 2.26 bits per heavy atom. The van der Waals surface area contributed by atoms with E-state index in [9.17, 15) is 0 Å². The number of nitrogens with zero attached hydrogens (tertiary/aromatic N) is 4. The average molecular weight is 260 g/mol. The number of hydrogen-bond acceptors (Lipinski definition) is 5. The van der Waals surface area contributed by atoms with Gasteiger partial charge in [0.15, 0.2) is 5.82 Å². The summed E-state index contributed by atoms with van der Waals surface area (Å²) in [6, 6.07) is 3.84. The molecule has 6 nitrogen and oxygen atoms in total. The molecule has 19 heavy (non-hydrogen) atoms. The summed E-state index contributed by atoms with van der Waals surface area (Å²) in [4.78, 5) is 8.62. The van der Waals surface area contributed by atoms with Gasteiger partial charge >= 0.3 is 0 Å². The van der Waals surface area contributed by atoms with Crippen LogP contribution in [0.3, 0.4) is 0 Å². The summed E-state index contributed by atoms with van der Waals surface area (Å²) in [6.45, 7) is 1.91. The highest BCUT2D eigenvalue weighted by Crippen LogP contribution is 2.25. The van der Waals surface area contributed by atoms with Crippen LogP contribution in [0.1, 0.15) is 24.0 Å². The zero-order valence-electron chi connectivity index (χ0n) is 10.8. The van der Waals surface area contributed by atoms with Gasteiger partial charge in [0.25, 0.3) is 0 Å². The number of pyridine rings is 1. The smallest absolute Gasteiger partial charge is 0.176 e. The summed E-state index contributed by atoms with van der Waals surface area (Å²) in [5.74, 6) is 1.93. The maximum atomic E-state index is 5.45. The molecule has 0 saturated carbocycles. The second-order valence-electron chi connectivity index (χ2n) is 4.50. The zero-order valence-corrected chi connectivity index (χ0v) is 10.8. The van der Waals surface area contributed by atoms with E-state index < -0.39 is 0 Å². The van der Waals surface area contributed by atoms with E-state index in [4.69, 9.17) is 9.47 Å². The van der Waals surface area contributed by atoms with Gasteiger partial charge in [-0.25, -0.2) is 9.67 Å². The standard InChI is InChI=1S/C13H16N4O2/c1-18-9-12-15-13(10-4-7-19-8-10)17(16-12)11-2-5-14-6-3-11/h2-3,5-6,10H,4,7-9H2,1H3/t10-/m0/s1. The molecule has 0 aromatic carbocycles. The number of hydrogen-bond donors (Lipinski definition) is 0. The van der Waals surface area contributed by atoms with Crippen LogP contribution in [-0.2, 0) is 16.1 Å². The van der Waals surface area contributed by atoms with E-state index in [0.29, 0.717) is 25.0 Å². The van der Waals surface area contributed by atoms with E-state index in [1.54, 1.807) is 19.5 Å². The van der Waals surface area contributed by atoms with E-state index >= 15 is 0 Å². The van der Waals surface area contributed by atoms with Crippen molar-refractivity contribution in [1.29, 1.82) is 0 Å². The molecule has 2 aromatic rings. The molecule has 0 aliphatic carbocycles. The first-order valence-electron chi connectivity index (χ1n) is 6.31. The monoisotopic (exact) mass is 260 g/mol. The normalized spacial score (nSPS) is 18.9. The molecule has 0 N–H and O–H groups in total. The van der Waals surface area contributed by atoms with Gasteiger partial charge in [0.1, 0.15) is 12.4 Å². The maximum Gasteiger partial charge on any atom is 0.176 e. The van der Waals surface area contributed by atoms with Crippen LogP contribution in [-0.4, -0.2) is 40.1 Å². The van der Waals surface area contributed by atoms with Crippen LogP contribution < -0.4 is 0 Å². The van der Waals surface area contributed by atoms with Crippen molar-refractivity contribution in [1.82, 2.24) is 19.7 Å². The van der Waals surface area contributed by atoms with Crippen LogP contribution in [0.2, 0.25) is 0 Å². The van der Waals surface area contributed by atoms with Crippen LogP contribution >= 0.6 is 0 Å². The average Bonchev–Trinajstić information content (AvgIpc) is 3.08. The van der Waals surface area contributed by atoms with Crippen molar-refractivity contribution < 1.29 is 9.47 Å². The van der Waals surface area contributed by atoms with E-state index in [1.807, 2.05) is 16.8 Å². The minimum atomic E-state index is 0.297. The lowest BCUT2D eigenvalue weighted by Gasteiger charge is -2.09. The fraction of sp³-hybridized carbons (Fsp3) is 0.462. The van der Waals surface area contributed by atoms with Crippen LogP contribution in [0.15, 0.2) is 24.5 Å². The maximum absolute atomic E-state index is 5.45. The molecule has 1 atom stereocenters. The molecule has 100 valence electrons. The van der Waals surface area contributed by atoms with E-state index in [-0.39, 0.29) is 0 Å². The molecule has 2 aromatic heterocycles. The van der Waals surface area contributed by atoms with Gasteiger partial charge in [-0.05, 0) is 18.6 Å². The Bertz CT molecular complexity index is 535. The SMILES string of the molecule is COCc1nc([C@H]2CCOC2)n(-c2ccncc2)n1. The van der Waals surface area contributed by atoms with Gasteiger partial charge in [-0.2, -0.15) is 0 Å². The lowest BCUT2D eigenvalue weighted by Crippen LogP contribution is -2.09. The number of ether oxygens (including phenoxy) is 2. The Labute approximate surface area is 111 Å². The van der Waals surface area contributed by atoms with Gasteiger partial charge in [-0.15, -0.1) is 5.10 Å². The molecule has 1 aliphatic heterocycles.